The molecule has 162 valence electrons. The molecule has 1 fully saturated rings. The molecule has 2 amide bonds. The lowest BCUT2D eigenvalue weighted by molar-refractivity contribution is -0.895. The predicted octanol–water partition coefficient (Wildman–Crippen LogP) is 0.877. The van der Waals surface area contributed by atoms with Crippen LogP contribution in [0.1, 0.15) is 43.5 Å². The maximum Gasteiger partial charge on any atom is 0.292 e. The van der Waals surface area contributed by atoms with Gasteiger partial charge in [-0.15, -0.1) is 0 Å². The van der Waals surface area contributed by atoms with E-state index in [0.29, 0.717) is 17.5 Å². The van der Waals surface area contributed by atoms with Gasteiger partial charge in [-0.05, 0) is 39.2 Å². The number of nitrogens with one attached hydrogen (secondary N) is 2. The van der Waals surface area contributed by atoms with Gasteiger partial charge in [-0.2, -0.15) is 0 Å². The fourth-order valence-corrected chi connectivity index (χ4v) is 4.11. The Labute approximate surface area is 178 Å². The van der Waals surface area contributed by atoms with Crippen molar-refractivity contribution in [3.8, 4) is 0 Å². The minimum atomic E-state index is -0.591. The summed E-state index contributed by atoms with van der Waals surface area (Å²) in [6.07, 6.45) is 4.90. The lowest BCUT2D eigenvalue weighted by Crippen LogP contribution is -3.12. The van der Waals surface area contributed by atoms with Crippen LogP contribution in [0.2, 0.25) is 0 Å². The molecule has 3 rings (SSSR count). The van der Waals surface area contributed by atoms with Crippen LogP contribution in [0.25, 0.3) is 10.9 Å². The molecule has 7 heteroatoms. The molecule has 2 aromatic rings. The van der Waals surface area contributed by atoms with E-state index >= 15 is 0 Å². The van der Waals surface area contributed by atoms with Gasteiger partial charge in [0.05, 0.1) is 31.7 Å². The summed E-state index contributed by atoms with van der Waals surface area (Å²) in [7, 11) is 0. The van der Waals surface area contributed by atoms with Gasteiger partial charge >= 0.3 is 0 Å². The molecule has 1 aromatic carbocycles. The third-order valence-corrected chi connectivity index (χ3v) is 6.02. The monoisotopic (exact) mass is 413 g/mol. The van der Waals surface area contributed by atoms with Gasteiger partial charge < -0.3 is 19.7 Å². The van der Waals surface area contributed by atoms with Crippen molar-refractivity contribution in [3.05, 3.63) is 36.0 Å². The van der Waals surface area contributed by atoms with E-state index in [2.05, 4.69) is 19.2 Å². The first-order chi connectivity index (χ1) is 14.5. The Hall–Kier alpha value is -2.67. The van der Waals surface area contributed by atoms with Crippen LogP contribution < -0.4 is 10.2 Å². The number of aromatic nitrogens is 1. The van der Waals surface area contributed by atoms with Crippen molar-refractivity contribution in [2.24, 2.45) is 0 Å². The molecular formula is C23H33N4O3+. The fraction of sp³-hybridized carbons (Fsp3) is 0.522. The van der Waals surface area contributed by atoms with Gasteiger partial charge in [0.15, 0.2) is 0 Å². The molecule has 2 N–H and O–H groups in total. The van der Waals surface area contributed by atoms with Crippen molar-refractivity contribution >= 4 is 28.5 Å². The highest BCUT2D eigenvalue weighted by atomic mass is 16.2. The van der Waals surface area contributed by atoms with E-state index in [4.69, 9.17) is 0 Å². The molecule has 0 aliphatic carbocycles. The Morgan fingerprint density at radius 2 is 1.73 bits per heavy atom. The summed E-state index contributed by atoms with van der Waals surface area (Å²) in [6, 6.07) is 7.44. The topological polar surface area (TPSA) is 75.8 Å². The van der Waals surface area contributed by atoms with Crippen LogP contribution in [0.5, 0.6) is 0 Å². The highest BCUT2D eigenvalue weighted by Gasteiger charge is 2.23. The number of para-hydroxylation sites is 1. The molecule has 1 saturated heterocycles. The smallest absolute Gasteiger partial charge is 0.292 e. The SMILES string of the molecule is CC[NH+](CC)CCNC(=O)C(=O)c1cn(CC(=O)N2CCCCC2)c2ccccc12. The third-order valence-electron chi connectivity index (χ3n) is 6.02. The van der Waals surface area contributed by atoms with Gasteiger partial charge in [0.2, 0.25) is 5.91 Å². The lowest BCUT2D eigenvalue weighted by Gasteiger charge is -2.27. The highest BCUT2D eigenvalue weighted by molar-refractivity contribution is 6.45. The van der Waals surface area contributed by atoms with Crippen LogP contribution in [0.3, 0.4) is 0 Å². The lowest BCUT2D eigenvalue weighted by atomic mass is 10.1. The minimum absolute atomic E-state index is 0.0566. The minimum Gasteiger partial charge on any atom is -0.344 e. The number of ketones is 1. The number of nitrogens with zero attached hydrogens (tertiary/aromatic N) is 2. The van der Waals surface area contributed by atoms with Gasteiger partial charge in [0.1, 0.15) is 6.54 Å². The number of Topliss-reactive ketones (excluding diaryl/α,β-unsaturated/α-hetero) is 1. The largest absolute Gasteiger partial charge is 0.344 e. The van der Waals surface area contributed by atoms with E-state index in [1.807, 2.05) is 29.2 Å². The molecular weight excluding hydrogens is 380 g/mol. The van der Waals surface area contributed by atoms with E-state index in [-0.39, 0.29) is 12.5 Å². The molecule has 0 spiro atoms. The third kappa shape index (κ3) is 5.08. The molecule has 0 bridgehead atoms. The summed E-state index contributed by atoms with van der Waals surface area (Å²) in [6.45, 7) is 9.20. The number of likely N-dealkylation sites (N-methyl/N-ethyl adjacent to an activating group) is 1. The highest BCUT2D eigenvalue weighted by Crippen LogP contribution is 2.22. The van der Waals surface area contributed by atoms with Gasteiger partial charge in [0.25, 0.3) is 11.7 Å². The van der Waals surface area contributed by atoms with Crippen molar-refractivity contribution in [3.63, 3.8) is 0 Å². The molecule has 1 aromatic heterocycles. The summed E-state index contributed by atoms with van der Waals surface area (Å²) < 4.78 is 1.80. The number of likely N-dealkylation sites (tertiary alicyclic amines) is 1. The number of hydrogen-bond donors (Lipinski definition) is 2. The number of carbonyl (C=O) groups is 3. The van der Waals surface area contributed by atoms with Gasteiger partial charge in [-0.3, -0.25) is 14.4 Å². The molecule has 0 radical (unpaired) electrons. The van der Waals surface area contributed by atoms with Gasteiger partial charge in [0, 0.05) is 30.2 Å². The number of piperidine rings is 1. The van der Waals surface area contributed by atoms with Crippen LogP contribution in [0, 0.1) is 0 Å². The number of fused-ring (bicyclic) bond motifs is 1. The zero-order valence-electron chi connectivity index (χ0n) is 18.1. The van der Waals surface area contributed by atoms with Gasteiger partial charge in [-0.1, -0.05) is 18.2 Å². The van der Waals surface area contributed by atoms with Crippen LogP contribution >= 0.6 is 0 Å². The van der Waals surface area contributed by atoms with Crippen molar-refractivity contribution in [2.45, 2.75) is 39.7 Å². The van der Waals surface area contributed by atoms with Crippen molar-refractivity contribution in [2.75, 3.05) is 39.3 Å². The van der Waals surface area contributed by atoms with Crippen LogP contribution in [0.4, 0.5) is 0 Å². The number of carbonyl (C=O) groups excluding carboxylic acids is 3. The standard InChI is InChI=1S/C23H32N4O3/c1-3-25(4-2)15-12-24-23(30)22(29)19-16-27(20-11-7-6-10-18(19)20)17-21(28)26-13-8-5-9-14-26/h6-7,10-11,16H,3-5,8-9,12-15,17H2,1-2H3,(H,24,30)/p+1. The molecule has 1 aliphatic rings. The van der Waals surface area contributed by atoms with Crippen LogP contribution in [-0.4, -0.2) is 66.3 Å². The average molecular weight is 414 g/mol. The van der Waals surface area contributed by atoms with Crippen molar-refractivity contribution in [1.29, 1.82) is 0 Å². The Morgan fingerprint density at radius 1 is 1.03 bits per heavy atom. The second-order valence-corrected chi connectivity index (χ2v) is 7.92. The van der Waals surface area contributed by atoms with E-state index in [1.165, 1.54) is 11.3 Å². The second kappa shape index (κ2) is 10.4. The van der Waals surface area contributed by atoms with Crippen molar-refractivity contribution < 1.29 is 19.3 Å². The Balaban J connectivity index is 1.73. The Bertz CT molecular complexity index is 895. The Kier molecular flexibility index (Phi) is 7.63. The molecule has 0 saturated carbocycles. The molecule has 7 nitrogen and oxygen atoms in total. The first kappa shape index (κ1) is 22.0. The second-order valence-electron chi connectivity index (χ2n) is 7.92. The van der Waals surface area contributed by atoms with E-state index < -0.39 is 11.7 Å². The Morgan fingerprint density at radius 3 is 2.43 bits per heavy atom. The predicted molar refractivity (Wildman–Crippen MR) is 117 cm³/mol. The van der Waals surface area contributed by atoms with Crippen LogP contribution in [-0.2, 0) is 16.1 Å². The summed E-state index contributed by atoms with van der Waals surface area (Å²) in [5, 5.41) is 3.46. The van der Waals surface area contributed by atoms with E-state index in [0.717, 1.165) is 51.1 Å². The number of amides is 2. The maximum absolute atomic E-state index is 12.8. The fourth-order valence-electron chi connectivity index (χ4n) is 4.11. The number of rotatable bonds is 9. The van der Waals surface area contributed by atoms with Gasteiger partial charge in [-0.25, -0.2) is 0 Å². The summed E-state index contributed by atoms with van der Waals surface area (Å²) >= 11 is 0. The first-order valence-electron chi connectivity index (χ1n) is 11.1. The van der Waals surface area contributed by atoms with Crippen LogP contribution in [0.15, 0.2) is 30.5 Å². The number of quaternary nitrogens is 1. The summed E-state index contributed by atoms with van der Waals surface area (Å²) in [4.78, 5) is 41.3. The summed E-state index contributed by atoms with van der Waals surface area (Å²) in [5.41, 5.74) is 1.15. The first-order valence-corrected chi connectivity index (χ1v) is 11.1. The normalized spacial score (nSPS) is 14.3. The van der Waals surface area contributed by atoms with Crippen molar-refractivity contribution in [1.82, 2.24) is 14.8 Å². The van der Waals surface area contributed by atoms with E-state index in [1.54, 1.807) is 10.8 Å². The zero-order chi connectivity index (χ0) is 21.5. The summed E-state index contributed by atoms with van der Waals surface area (Å²) in [5.74, 6) is -1.09. The molecule has 2 heterocycles. The molecule has 0 unspecified atom stereocenters. The number of hydrogen-bond acceptors (Lipinski definition) is 3. The molecule has 1 aliphatic heterocycles. The average Bonchev–Trinajstić information content (AvgIpc) is 3.15. The quantitative estimate of drug-likeness (QED) is 0.473. The molecule has 30 heavy (non-hydrogen) atoms. The maximum atomic E-state index is 12.8. The zero-order valence-corrected chi connectivity index (χ0v) is 18.1. The molecule has 0 atom stereocenters. The number of benzene rings is 1. The van der Waals surface area contributed by atoms with E-state index in [9.17, 15) is 14.4 Å².